The largest absolute Gasteiger partial charge is 0.493 e. The van der Waals surface area contributed by atoms with Crippen molar-refractivity contribution in [2.24, 2.45) is 0 Å². The lowest BCUT2D eigenvalue weighted by Crippen LogP contribution is -2.18. The summed E-state index contributed by atoms with van der Waals surface area (Å²) in [5.41, 5.74) is 2.16. The summed E-state index contributed by atoms with van der Waals surface area (Å²) >= 11 is 0. The second-order valence-corrected chi connectivity index (χ2v) is 5.60. The number of rotatable bonds is 5. The predicted molar refractivity (Wildman–Crippen MR) is 90.5 cm³/mol. The summed E-state index contributed by atoms with van der Waals surface area (Å²) in [7, 11) is 4.50. The molecule has 0 bridgehead atoms. The van der Waals surface area contributed by atoms with E-state index in [9.17, 15) is 4.79 Å². The second kappa shape index (κ2) is 7.33. The van der Waals surface area contributed by atoms with E-state index >= 15 is 0 Å². The number of methoxy groups -OCH3 is 3. The first-order valence-electron chi connectivity index (χ1n) is 8.00. The lowest BCUT2D eigenvalue weighted by Gasteiger charge is -2.15. The van der Waals surface area contributed by atoms with Crippen molar-refractivity contribution in [2.75, 3.05) is 26.6 Å². The zero-order valence-electron chi connectivity index (χ0n) is 14.5. The monoisotopic (exact) mass is 344 g/mol. The number of benzene rings is 1. The Bertz CT molecular complexity index is 769. The minimum atomic E-state index is -0.378. The minimum Gasteiger partial charge on any atom is -0.493 e. The molecule has 1 aliphatic rings. The van der Waals surface area contributed by atoms with Crippen LogP contribution in [-0.4, -0.2) is 42.4 Å². The number of nitrogens with zero attached hydrogens (tertiary/aromatic N) is 3. The Kier molecular flexibility index (Phi) is 4.97. The molecule has 1 aromatic carbocycles. The number of hydrogen-bond donors (Lipinski definition) is 1. The first-order chi connectivity index (χ1) is 12.2. The number of anilines is 1. The van der Waals surface area contributed by atoms with Gasteiger partial charge in [0, 0.05) is 5.56 Å². The minimum absolute atomic E-state index is 0.194. The van der Waals surface area contributed by atoms with E-state index in [1.165, 1.54) is 21.3 Å². The Balaban J connectivity index is 1.86. The fourth-order valence-corrected chi connectivity index (χ4v) is 2.80. The number of amides is 1. The van der Waals surface area contributed by atoms with Crippen LogP contribution < -0.4 is 19.5 Å². The van der Waals surface area contributed by atoms with Crippen LogP contribution in [0.4, 0.5) is 5.95 Å². The molecule has 0 unspecified atom stereocenters. The van der Waals surface area contributed by atoms with E-state index in [2.05, 4.69) is 20.5 Å². The summed E-state index contributed by atoms with van der Waals surface area (Å²) in [5, 5.41) is 10.8. The number of carbonyl (C=O) groups is 1. The van der Waals surface area contributed by atoms with Crippen molar-refractivity contribution < 1.29 is 19.0 Å². The molecule has 1 aromatic heterocycles. The molecule has 1 heterocycles. The summed E-state index contributed by atoms with van der Waals surface area (Å²) < 4.78 is 15.8. The van der Waals surface area contributed by atoms with Crippen LogP contribution in [0.1, 0.15) is 34.6 Å². The van der Waals surface area contributed by atoms with Crippen LogP contribution in [-0.2, 0) is 12.8 Å². The standard InChI is InChI=1S/C17H20N4O4/c1-23-13-8-10(9-14(24-2)15(13)25-3)16(22)19-17-18-11-6-4-5-7-12(11)20-21-17/h8-9H,4-7H2,1-3H3,(H,18,19,21,22). The van der Waals surface area contributed by atoms with Gasteiger partial charge in [-0.3, -0.25) is 10.1 Å². The number of carbonyl (C=O) groups excluding carboxylic acids is 1. The van der Waals surface area contributed by atoms with Crippen molar-refractivity contribution in [3.63, 3.8) is 0 Å². The van der Waals surface area contributed by atoms with Crippen molar-refractivity contribution in [1.82, 2.24) is 15.2 Å². The highest BCUT2D eigenvalue weighted by Gasteiger charge is 2.19. The molecule has 0 atom stereocenters. The third-order valence-corrected chi connectivity index (χ3v) is 4.07. The molecule has 0 aliphatic heterocycles. The molecule has 1 N–H and O–H groups in total. The topological polar surface area (TPSA) is 95.5 Å². The van der Waals surface area contributed by atoms with E-state index in [4.69, 9.17) is 14.2 Å². The number of hydrogen-bond acceptors (Lipinski definition) is 7. The first kappa shape index (κ1) is 16.9. The molecule has 1 aliphatic carbocycles. The third-order valence-electron chi connectivity index (χ3n) is 4.07. The molecule has 0 spiro atoms. The summed E-state index contributed by atoms with van der Waals surface area (Å²) in [6.45, 7) is 0. The molecule has 3 rings (SSSR count). The lowest BCUT2D eigenvalue weighted by atomic mass is 10.0. The molecular weight excluding hydrogens is 324 g/mol. The third kappa shape index (κ3) is 3.47. The number of aromatic nitrogens is 3. The molecule has 0 radical (unpaired) electrons. The van der Waals surface area contributed by atoms with Crippen LogP contribution in [0.3, 0.4) is 0 Å². The average Bonchev–Trinajstić information content (AvgIpc) is 2.66. The van der Waals surface area contributed by atoms with Crippen molar-refractivity contribution in [3.05, 3.63) is 29.1 Å². The van der Waals surface area contributed by atoms with Crippen molar-refractivity contribution >= 4 is 11.9 Å². The van der Waals surface area contributed by atoms with Crippen LogP contribution in [0.2, 0.25) is 0 Å². The van der Waals surface area contributed by atoms with Crippen LogP contribution in [0.15, 0.2) is 12.1 Å². The average molecular weight is 344 g/mol. The molecule has 0 saturated carbocycles. The van der Waals surface area contributed by atoms with Crippen LogP contribution in [0.25, 0.3) is 0 Å². The molecule has 8 heteroatoms. The number of nitrogens with one attached hydrogen (secondary N) is 1. The Labute approximate surface area is 145 Å². The van der Waals surface area contributed by atoms with Crippen molar-refractivity contribution in [3.8, 4) is 17.2 Å². The number of ether oxygens (including phenoxy) is 3. The molecular formula is C17H20N4O4. The Hall–Kier alpha value is -2.90. The maximum Gasteiger partial charge on any atom is 0.258 e. The highest BCUT2D eigenvalue weighted by molar-refractivity contribution is 6.04. The van der Waals surface area contributed by atoms with E-state index in [-0.39, 0.29) is 11.9 Å². The van der Waals surface area contributed by atoms with Gasteiger partial charge in [0.2, 0.25) is 11.7 Å². The Morgan fingerprint density at radius 2 is 1.60 bits per heavy atom. The molecule has 132 valence electrons. The lowest BCUT2D eigenvalue weighted by molar-refractivity contribution is 0.102. The van der Waals surface area contributed by atoms with Gasteiger partial charge >= 0.3 is 0 Å². The molecule has 0 fully saturated rings. The van der Waals surface area contributed by atoms with E-state index in [1.54, 1.807) is 12.1 Å². The SMILES string of the molecule is COc1cc(C(=O)Nc2nnc3c(n2)CCCC3)cc(OC)c1OC. The highest BCUT2D eigenvalue weighted by atomic mass is 16.5. The first-order valence-corrected chi connectivity index (χ1v) is 8.00. The molecule has 0 saturated heterocycles. The van der Waals surface area contributed by atoms with Crippen LogP contribution in [0.5, 0.6) is 17.2 Å². The molecule has 2 aromatic rings. The van der Waals surface area contributed by atoms with Crippen LogP contribution >= 0.6 is 0 Å². The molecule has 25 heavy (non-hydrogen) atoms. The van der Waals surface area contributed by atoms with Crippen LogP contribution in [0, 0.1) is 0 Å². The maximum absolute atomic E-state index is 12.5. The van der Waals surface area contributed by atoms with E-state index in [0.717, 1.165) is 37.1 Å². The summed E-state index contributed by atoms with van der Waals surface area (Å²) in [5.74, 6) is 1.04. The predicted octanol–water partition coefficient (Wildman–Crippen LogP) is 2.03. The summed E-state index contributed by atoms with van der Waals surface area (Å²) in [4.78, 5) is 17.0. The van der Waals surface area contributed by atoms with Gasteiger partial charge in [-0.1, -0.05) is 0 Å². The van der Waals surface area contributed by atoms with E-state index < -0.39 is 0 Å². The zero-order valence-corrected chi connectivity index (χ0v) is 14.5. The highest BCUT2D eigenvalue weighted by Crippen LogP contribution is 2.38. The van der Waals surface area contributed by atoms with Gasteiger partial charge in [-0.25, -0.2) is 4.98 Å². The van der Waals surface area contributed by atoms with Gasteiger partial charge in [0.25, 0.3) is 5.91 Å². The van der Waals surface area contributed by atoms with Gasteiger partial charge in [-0.05, 0) is 37.8 Å². The van der Waals surface area contributed by atoms with E-state index in [1.807, 2.05) is 0 Å². The maximum atomic E-state index is 12.5. The Morgan fingerprint density at radius 1 is 0.960 bits per heavy atom. The number of fused-ring (bicyclic) bond motifs is 1. The van der Waals surface area contributed by atoms with Gasteiger partial charge in [0.1, 0.15) is 0 Å². The fraction of sp³-hybridized carbons (Fsp3) is 0.412. The van der Waals surface area contributed by atoms with Gasteiger partial charge < -0.3 is 14.2 Å². The smallest absolute Gasteiger partial charge is 0.258 e. The zero-order chi connectivity index (χ0) is 17.8. The molecule has 8 nitrogen and oxygen atoms in total. The summed E-state index contributed by atoms with van der Waals surface area (Å²) in [6.07, 6.45) is 3.92. The van der Waals surface area contributed by atoms with Crippen molar-refractivity contribution in [1.29, 1.82) is 0 Å². The number of aryl methyl sites for hydroxylation is 2. The molecule has 1 amide bonds. The Morgan fingerprint density at radius 3 is 2.20 bits per heavy atom. The normalized spacial score (nSPS) is 12.9. The quantitative estimate of drug-likeness (QED) is 0.886. The van der Waals surface area contributed by atoms with Gasteiger partial charge in [0.05, 0.1) is 32.7 Å². The van der Waals surface area contributed by atoms with Gasteiger partial charge in [-0.15, -0.1) is 10.2 Å². The van der Waals surface area contributed by atoms with E-state index in [0.29, 0.717) is 22.8 Å². The summed E-state index contributed by atoms with van der Waals surface area (Å²) in [6, 6.07) is 3.14. The second-order valence-electron chi connectivity index (χ2n) is 5.60. The van der Waals surface area contributed by atoms with Gasteiger partial charge in [-0.2, -0.15) is 0 Å². The van der Waals surface area contributed by atoms with Gasteiger partial charge in [0.15, 0.2) is 11.5 Å². The fourth-order valence-electron chi connectivity index (χ4n) is 2.80. The van der Waals surface area contributed by atoms with Crippen molar-refractivity contribution in [2.45, 2.75) is 25.7 Å².